The van der Waals surface area contributed by atoms with E-state index < -0.39 is 11.8 Å². The molecule has 0 saturated carbocycles. The molecule has 1 unspecified atom stereocenters. The van der Waals surface area contributed by atoms with Crippen molar-refractivity contribution in [1.82, 2.24) is 0 Å². The average molecular weight is 296 g/mol. The number of thioether (sulfide) groups is 1. The minimum atomic E-state index is -1.50. The smallest absolute Gasteiger partial charge is 0.377 e. The molecule has 0 spiro atoms. The van der Waals surface area contributed by atoms with Gasteiger partial charge in [0.25, 0.3) is 5.78 Å². The van der Waals surface area contributed by atoms with Gasteiger partial charge in [-0.1, -0.05) is 6.07 Å². The molecule has 1 aliphatic heterocycles. The van der Waals surface area contributed by atoms with Crippen molar-refractivity contribution < 1.29 is 24.2 Å². The van der Waals surface area contributed by atoms with Crippen molar-refractivity contribution in [2.24, 2.45) is 0 Å². The van der Waals surface area contributed by atoms with Gasteiger partial charge in [-0.3, -0.25) is 4.79 Å². The zero-order valence-corrected chi connectivity index (χ0v) is 11.9. The minimum absolute atomic E-state index is 0.0228. The molecule has 1 heterocycles. The Labute approximate surface area is 121 Å². The second kappa shape index (κ2) is 6.65. The molecule has 0 aliphatic carbocycles. The molecular formula is C14H16O5S. The molecule has 108 valence electrons. The van der Waals surface area contributed by atoms with Crippen LogP contribution < -0.4 is 9.47 Å². The average Bonchev–Trinajstić information content (AvgIpc) is 2.47. The number of hydrogen-bond donors (Lipinski definition) is 1. The Bertz CT molecular complexity index is 508. The third-order valence-electron chi connectivity index (χ3n) is 3.04. The lowest BCUT2D eigenvalue weighted by Crippen LogP contribution is -2.25. The number of carboxylic acid groups (broad SMARTS) is 1. The summed E-state index contributed by atoms with van der Waals surface area (Å²) in [5, 5.41) is 8.88. The van der Waals surface area contributed by atoms with Crippen LogP contribution in [-0.2, 0) is 4.79 Å². The lowest BCUT2D eigenvalue weighted by molar-refractivity contribution is -0.131. The van der Waals surface area contributed by atoms with Crippen molar-refractivity contribution >= 4 is 23.5 Å². The fourth-order valence-corrected chi connectivity index (χ4v) is 3.10. The zero-order valence-electron chi connectivity index (χ0n) is 11.1. The van der Waals surface area contributed by atoms with Gasteiger partial charge in [-0.2, -0.15) is 11.8 Å². The Kier molecular flexibility index (Phi) is 4.89. The largest absolute Gasteiger partial charge is 0.493 e. The number of carboxylic acids is 1. The highest BCUT2D eigenvalue weighted by molar-refractivity contribution is 7.99. The van der Waals surface area contributed by atoms with Crippen molar-refractivity contribution in [1.29, 1.82) is 0 Å². The number of rotatable bonds is 5. The molecule has 1 aromatic carbocycles. The summed E-state index contributed by atoms with van der Waals surface area (Å²) in [5.74, 6) is 0.0666. The summed E-state index contributed by atoms with van der Waals surface area (Å²) in [4.78, 5) is 22.6. The Morgan fingerprint density at radius 2 is 2.20 bits per heavy atom. The maximum atomic E-state index is 11.7. The topological polar surface area (TPSA) is 72.8 Å². The number of benzene rings is 1. The van der Waals surface area contributed by atoms with E-state index in [0.717, 1.165) is 24.3 Å². The van der Waals surface area contributed by atoms with Gasteiger partial charge in [-0.25, -0.2) is 4.79 Å². The third kappa shape index (κ3) is 3.25. The standard InChI is InChI=1S/C14H16O5S/c1-18-11-6-2-5-10(12(15)14(16)17)13(11)19-9-4-3-7-20-8-9/h2,5-6,9H,3-4,7-8H2,1H3,(H,16,17). The number of hydrogen-bond acceptors (Lipinski definition) is 5. The van der Waals surface area contributed by atoms with Gasteiger partial charge in [0.2, 0.25) is 0 Å². The molecule has 1 aromatic rings. The highest BCUT2D eigenvalue weighted by Crippen LogP contribution is 2.34. The van der Waals surface area contributed by atoms with Crippen LogP contribution in [0, 0.1) is 0 Å². The summed E-state index contributed by atoms with van der Waals surface area (Å²) < 4.78 is 11.0. The van der Waals surface area contributed by atoms with Crippen molar-refractivity contribution in [3.05, 3.63) is 23.8 Å². The number of aliphatic carboxylic acids is 1. The van der Waals surface area contributed by atoms with Crippen LogP contribution in [0.15, 0.2) is 18.2 Å². The molecule has 0 bridgehead atoms. The number of carbonyl (C=O) groups excluding carboxylic acids is 1. The van der Waals surface area contributed by atoms with Gasteiger partial charge < -0.3 is 14.6 Å². The van der Waals surface area contributed by atoms with E-state index in [0.29, 0.717) is 5.75 Å². The number of Topliss-reactive ketones (excluding diaryl/α,β-unsaturated/α-hetero) is 1. The Hall–Kier alpha value is -1.69. The van der Waals surface area contributed by atoms with Crippen LogP contribution in [0.25, 0.3) is 0 Å². The first kappa shape index (κ1) is 14.7. The highest BCUT2D eigenvalue weighted by Gasteiger charge is 2.25. The molecule has 20 heavy (non-hydrogen) atoms. The normalized spacial score (nSPS) is 18.4. The number of para-hydroxylation sites is 1. The van der Waals surface area contributed by atoms with E-state index >= 15 is 0 Å². The quantitative estimate of drug-likeness (QED) is 0.663. The van der Waals surface area contributed by atoms with Gasteiger partial charge in [-0.05, 0) is 30.7 Å². The van der Waals surface area contributed by atoms with Crippen molar-refractivity contribution in [3.63, 3.8) is 0 Å². The zero-order chi connectivity index (χ0) is 14.5. The van der Waals surface area contributed by atoms with Crippen LogP contribution in [0.4, 0.5) is 0 Å². The summed E-state index contributed by atoms with van der Waals surface area (Å²) in [5.41, 5.74) is 0.0347. The lowest BCUT2D eigenvalue weighted by Gasteiger charge is -2.24. The van der Waals surface area contributed by atoms with E-state index in [1.165, 1.54) is 13.2 Å². The molecule has 0 aromatic heterocycles. The summed E-state index contributed by atoms with van der Waals surface area (Å²) in [6, 6.07) is 4.69. The van der Waals surface area contributed by atoms with Gasteiger partial charge in [0.15, 0.2) is 11.5 Å². The van der Waals surface area contributed by atoms with Crippen LogP contribution in [0.3, 0.4) is 0 Å². The second-order valence-electron chi connectivity index (χ2n) is 4.43. The fourth-order valence-electron chi connectivity index (χ4n) is 2.06. The SMILES string of the molecule is COc1cccc(C(=O)C(=O)O)c1OC1CCCSC1. The number of ketones is 1. The van der Waals surface area contributed by atoms with Gasteiger partial charge in [0.1, 0.15) is 6.10 Å². The molecule has 1 fully saturated rings. The summed E-state index contributed by atoms with van der Waals surface area (Å²) in [6.45, 7) is 0. The van der Waals surface area contributed by atoms with E-state index in [4.69, 9.17) is 14.6 Å². The van der Waals surface area contributed by atoms with E-state index in [1.807, 2.05) is 0 Å². The number of ether oxygens (including phenoxy) is 2. The first-order valence-electron chi connectivity index (χ1n) is 6.32. The lowest BCUT2D eigenvalue weighted by atomic mass is 10.1. The Morgan fingerprint density at radius 3 is 2.80 bits per heavy atom. The predicted molar refractivity (Wildman–Crippen MR) is 75.9 cm³/mol. The van der Waals surface area contributed by atoms with Crippen LogP contribution in [0.5, 0.6) is 11.5 Å². The summed E-state index contributed by atoms with van der Waals surface area (Å²) in [7, 11) is 1.47. The predicted octanol–water partition coefficient (Wildman–Crippen LogP) is 2.24. The molecule has 0 radical (unpaired) electrons. The maximum absolute atomic E-state index is 11.7. The molecule has 1 aliphatic rings. The second-order valence-corrected chi connectivity index (χ2v) is 5.58. The third-order valence-corrected chi connectivity index (χ3v) is 4.23. The number of methoxy groups -OCH3 is 1. The van der Waals surface area contributed by atoms with Gasteiger partial charge >= 0.3 is 5.97 Å². The van der Waals surface area contributed by atoms with Gasteiger partial charge in [-0.15, -0.1) is 0 Å². The number of carbonyl (C=O) groups is 2. The Morgan fingerprint density at radius 1 is 1.40 bits per heavy atom. The van der Waals surface area contributed by atoms with E-state index in [2.05, 4.69) is 0 Å². The summed E-state index contributed by atoms with van der Waals surface area (Å²) in [6.07, 6.45) is 1.92. The van der Waals surface area contributed by atoms with Crippen LogP contribution >= 0.6 is 11.8 Å². The molecule has 1 saturated heterocycles. The van der Waals surface area contributed by atoms with Crippen LogP contribution in [-0.4, -0.2) is 41.6 Å². The molecule has 0 amide bonds. The van der Waals surface area contributed by atoms with Gasteiger partial charge in [0, 0.05) is 5.75 Å². The van der Waals surface area contributed by atoms with Crippen LogP contribution in [0.1, 0.15) is 23.2 Å². The maximum Gasteiger partial charge on any atom is 0.377 e. The molecule has 1 atom stereocenters. The molecule has 1 N–H and O–H groups in total. The van der Waals surface area contributed by atoms with E-state index in [1.54, 1.807) is 23.9 Å². The minimum Gasteiger partial charge on any atom is -0.493 e. The van der Waals surface area contributed by atoms with E-state index in [9.17, 15) is 9.59 Å². The Balaban J connectivity index is 2.32. The summed E-state index contributed by atoms with van der Waals surface area (Å²) >= 11 is 1.79. The molecule has 5 nitrogen and oxygen atoms in total. The van der Waals surface area contributed by atoms with Gasteiger partial charge in [0.05, 0.1) is 12.7 Å². The molecular weight excluding hydrogens is 280 g/mol. The highest BCUT2D eigenvalue weighted by atomic mass is 32.2. The van der Waals surface area contributed by atoms with Crippen LogP contribution in [0.2, 0.25) is 0 Å². The first-order valence-corrected chi connectivity index (χ1v) is 7.48. The molecule has 2 rings (SSSR count). The van der Waals surface area contributed by atoms with Crippen molar-refractivity contribution in [2.75, 3.05) is 18.6 Å². The van der Waals surface area contributed by atoms with Crippen molar-refractivity contribution in [3.8, 4) is 11.5 Å². The monoisotopic (exact) mass is 296 g/mol. The first-order chi connectivity index (χ1) is 9.63. The van der Waals surface area contributed by atoms with E-state index in [-0.39, 0.29) is 17.4 Å². The van der Waals surface area contributed by atoms with Crippen molar-refractivity contribution in [2.45, 2.75) is 18.9 Å². The fraction of sp³-hybridized carbons (Fsp3) is 0.429. The molecule has 6 heteroatoms.